The van der Waals surface area contributed by atoms with E-state index in [0.717, 1.165) is 0 Å². The molecule has 0 bridgehead atoms. The molecule has 1 aromatic rings. The minimum Gasteiger partial charge on any atom is -0.323 e. The quantitative estimate of drug-likeness (QED) is 0.697. The highest BCUT2D eigenvalue weighted by atomic mass is 16.1. The number of aromatic amines is 1. The predicted molar refractivity (Wildman–Crippen MR) is 59.6 cm³/mol. The summed E-state index contributed by atoms with van der Waals surface area (Å²) in [6.07, 6.45) is 3.69. The molecule has 5 nitrogen and oxygen atoms in total. The molecule has 84 valence electrons. The molecule has 1 heterocycles. The van der Waals surface area contributed by atoms with E-state index in [1.54, 1.807) is 12.4 Å². The summed E-state index contributed by atoms with van der Waals surface area (Å²) < 4.78 is 0. The molecule has 5 heteroatoms. The standard InChI is InChI=1S/C10H18N4O/c1-10(2,3)11-5-4-9(15)14-8-6-12-13-7-8/h6-7,11H,4-5H2,1-3H3,(H,12,13)(H,14,15). The molecule has 1 rings (SSSR count). The van der Waals surface area contributed by atoms with Crippen LogP contribution < -0.4 is 10.6 Å². The maximum atomic E-state index is 11.4. The van der Waals surface area contributed by atoms with E-state index in [1.807, 2.05) is 0 Å². The van der Waals surface area contributed by atoms with Gasteiger partial charge in [-0.3, -0.25) is 9.89 Å². The first kappa shape index (κ1) is 11.7. The molecule has 0 aliphatic rings. The number of aromatic nitrogens is 2. The van der Waals surface area contributed by atoms with E-state index in [4.69, 9.17) is 0 Å². The fourth-order valence-corrected chi connectivity index (χ4v) is 1.09. The Balaban J connectivity index is 2.20. The minimum atomic E-state index is -0.00634. The Labute approximate surface area is 89.6 Å². The lowest BCUT2D eigenvalue weighted by Crippen LogP contribution is -2.37. The zero-order chi connectivity index (χ0) is 11.3. The average molecular weight is 210 g/mol. The zero-order valence-electron chi connectivity index (χ0n) is 9.42. The van der Waals surface area contributed by atoms with E-state index in [1.165, 1.54) is 0 Å². The highest BCUT2D eigenvalue weighted by Crippen LogP contribution is 2.02. The smallest absolute Gasteiger partial charge is 0.225 e. The van der Waals surface area contributed by atoms with Gasteiger partial charge in [-0.05, 0) is 20.8 Å². The van der Waals surface area contributed by atoms with Crippen molar-refractivity contribution in [2.75, 3.05) is 11.9 Å². The number of amides is 1. The van der Waals surface area contributed by atoms with Crippen molar-refractivity contribution in [1.29, 1.82) is 0 Å². The number of anilines is 1. The molecule has 0 saturated heterocycles. The summed E-state index contributed by atoms with van der Waals surface area (Å²) in [5.41, 5.74) is 0.756. The molecule has 15 heavy (non-hydrogen) atoms. The lowest BCUT2D eigenvalue weighted by atomic mass is 10.1. The molecule has 1 aromatic heterocycles. The molecule has 0 atom stereocenters. The van der Waals surface area contributed by atoms with Crippen LogP contribution in [0.25, 0.3) is 0 Å². The topological polar surface area (TPSA) is 69.8 Å². The molecule has 3 N–H and O–H groups in total. The average Bonchev–Trinajstić information content (AvgIpc) is 2.54. The third kappa shape index (κ3) is 5.17. The van der Waals surface area contributed by atoms with Gasteiger partial charge in [0.1, 0.15) is 0 Å². The fraction of sp³-hybridized carbons (Fsp3) is 0.600. The second-order valence-electron chi connectivity index (χ2n) is 4.46. The number of nitrogens with zero attached hydrogens (tertiary/aromatic N) is 1. The van der Waals surface area contributed by atoms with E-state index in [0.29, 0.717) is 18.7 Å². The van der Waals surface area contributed by atoms with Crippen molar-refractivity contribution < 1.29 is 4.79 Å². The second-order valence-corrected chi connectivity index (χ2v) is 4.46. The molecule has 0 fully saturated rings. The van der Waals surface area contributed by atoms with Gasteiger partial charge in [-0.2, -0.15) is 5.10 Å². The maximum absolute atomic E-state index is 11.4. The summed E-state index contributed by atoms with van der Waals surface area (Å²) in [4.78, 5) is 11.4. The van der Waals surface area contributed by atoms with Gasteiger partial charge in [0.2, 0.25) is 5.91 Å². The number of carbonyl (C=O) groups is 1. The van der Waals surface area contributed by atoms with Crippen LogP contribution in [-0.2, 0) is 4.79 Å². The molecular weight excluding hydrogens is 192 g/mol. The van der Waals surface area contributed by atoms with Crippen LogP contribution in [0.5, 0.6) is 0 Å². The van der Waals surface area contributed by atoms with Crippen molar-refractivity contribution in [3.05, 3.63) is 12.4 Å². The number of hydrogen-bond donors (Lipinski definition) is 3. The molecule has 0 saturated carbocycles. The Kier molecular flexibility index (Phi) is 3.85. The molecule has 0 unspecified atom stereocenters. The normalized spacial score (nSPS) is 11.4. The van der Waals surface area contributed by atoms with Gasteiger partial charge in [0, 0.05) is 24.7 Å². The van der Waals surface area contributed by atoms with Gasteiger partial charge < -0.3 is 10.6 Å². The van der Waals surface area contributed by atoms with E-state index in [2.05, 4.69) is 41.6 Å². The summed E-state index contributed by atoms with van der Waals surface area (Å²) in [7, 11) is 0. The van der Waals surface area contributed by atoms with Crippen LogP contribution >= 0.6 is 0 Å². The van der Waals surface area contributed by atoms with Crippen LogP contribution in [0.1, 0.15) is 27.2 Å². The van der Waals surface area contributed by atoms with Gasteiger partial charge in [-0.25, -0.2) is 0 Å². The van der Waals surface area contributed by atoms with E-state index in [-0.39, 0.29) is 11.4 Å². The van der Waals surface area contributed by atoms with Crippen molar-refractivity contribution in [2.45, 2.75) is 32.7 Å². The maximum Gasteiger partial charge on any atom is 0.225 e. The number of H-pyrrole nitrogens is 1. The highest BCUT2D eigenvalue weighted by Gasteiger charge is 2.09. The largest absolute Gasteiger partial charge is 0.323 e. The van der Waals surface area contributed by atoms with Gasteiger partial charge in [0.15, 0.2) is 0 Å². The Morgan fingerprint density at radius 1 is 1.53 bits per heavy atom. The number of rotatable bonds is 4. The van der Waals surface area contributed by atoms with Gasteiger partial charge in [0.25, 0.3) is 0 Å². The van der Waals surface area contributed by atoms with Crippen LogP contribution in [0.15, 0.2) is 12.4 Å². The third-order valence-corrected chi connectivity index (χ3v) is 1.79. The molecular formula is C10H18N4O. The molecule has 0 spiro atoms. The highest BCUT2D eigenvalue weighted by molar-refractivity contribution is 5.90. The van der Waals surface area contributed by atoms with E-state index >= 15 is 0 Å². The lowest BCUT2D eigenvalue weighted by molar-refractivity contribution is -0.116. The number of carbonyl (C=O) groups excluding carboxylic acids is 1. The lowest BCUT2D eigenvalue weighted by Gasteiger charge is -2.20. The molecule has 0 aromatic carbocycles. The first-order chi connectivity index (χ1) is 6.97. The first-order valence-corrected chi connectivity index (χ1v) is 5.01. The Bertz CT molecular complexity index is 300. The van der Waals surface area contributed by atoms with Crippen LogP contribution in [0.4, 0.5) is 5.69 Å². The van der Waals surface area contributed by atoms with E-state index < -0.39 is 0 Å². The van der Waals surface area contributed by atoms with Crippen molar-refractivity contribution in [2.24, 2.45) is 0 Å². The number of hydrogen-bond acceptors (Lipinski definition) is 3. The summed E-state index contributed by atoms with van der Waals surface area (Å²) in [6.45, 7) is 6.89. The van der Waals surface area contributed by atoms with Crippen molar-refractivity contribution >= 4 is 11.6 Å². The van der Waals surface area contributed by atoms with Crippen LogP contribution in [0, 0.1) is 0 Å². The van der Waals surface area contributed by atoms with Crippen LogP contribution in [0.3, 0.4) is 0 Å². The monoisotopic (exact) mass is 210 g/mol. The van der Waals surface area contributed by atoms with Crippen molar-refractivity contribution in [1.82, 2.24) is 15.5 Å². The Morgan fingerprint density at radius 2 is 2.27 bits per heavy atom. The molecule has 1 amide bonds. The number of nitrogens with one attached hydrogen (secondary N) is 3. The molecule has 0 aliphatic heterocycles. The van der Waals surface area contributed by atoms with Gasteiger partial charge in [0.05, 0.1) is 11.9 Å². The Hall–Kier alpha value is -1.36. The second kappa shape index (κ2) is 4.93. The summed E-state index contributed by atoms with van der Waals surface area (Å²) in [6, 6.07) is 0. The third-order valence-electron chi connectivity index (χ3n) is 1.79. The van der Waals surface area contributed by atoms with Gasteiger partial charge in [-0.15, -0.1) is 0 Å². The van der Waals surface area contributed by atoms with E-state index in [9.17, 15) is 4.79 Å². The predicted octanol–water partition coefficient (Wildman–Crippen LogP) is 1.13. The molecule has 0 radical (unpaired) electrons. The van der Waals surface area contributed by atoms with Gasteiger partial charge >= 0.3 is 0 Å². The molecule has 0 aliphatic carbocycles. The SMILES string of the molecule is CC(C)(C)NCCC(=O)Nc1cn[nH]c1. The summed E-state index contributed by atoms with van der Waals surface area (Å²) in [5.74, 6) is -0.00634. The first-order valence-electron chi connectivity index (χ1n) is 5.01. The summed E-state index contributed by atoms with van der Waals surface area (Å²) >= 11 is 0. The van der Waals surface area contributed by atoms with Gasteiger partial charge in [-0.1, -0.05) is 0 Å². The fourth-order valence-electron chi connectivity index (χ4n) is 1.09. The van der Waals surface area contributed by atoms with Crippen LogP contribution in [0.2, 0.25) is 0 Å². The summed E-state index contributed by atoms with van der Waals surface area (Å²) in [5, 5.41) is 12.4. The Morgan fingerprint density at radius 3 is 2.80 bits per heavy atom. The van der Waals surface area contributed by atoms with Crippen molar-refractivity contribution in [3.8, 4) is 0 Å². The minimum absolute atomic E-state index is 0.00634. The van der Waals surface area contributed by atoms with Crippen molar-refractivity contribution in [3.63, 3.8) is 0 Å². The van der Waals surface area contributed by atoms with Crippen LogP contribution in [-0.4, -0.2) is 28.2 Å². The zero-order valence-corrected chi connectivity index (χ0v) is 9.42.